The van der Waals surface area contributed by atoms with Crippen molar-refractivity contribution in [1.82, 2.24) is 14.8 Å². The summed E-state index contributed by atoms with van der Waals surface area (Å²) in [7, 11) is 0. The number of carbonyl (C=O) groups excluding carboxylic acids is 1. The molecule has 0 spiro atoms. The molecule has 122 valence electrons. The molecule has 6 nitrogen and oxygen atoms in total. The molecule has 1 aliphatic heterocycles. The number of hydrogen-bond donors (Lipinski definition) is 1. The fourth-order valence-corrected chi connectivity index (χ4v) is 2.84. The molecule has 0 unspecified atom stereocenters. The van der Waals surface area contributed by atoms with Crippen LogP contribution in [0.5, 0.6) is 0 Å². The molecular formula is C16H18ClN3O3. The third kappa shape index (κ3) is 3.72. The molecule has 2 aromatic rings. The molecule has 0 radical (unpaired) electrons. The molecule has 1 aromatic carbocycles. The van der Waals surface area contributed by atoms with Crippen LogP contribution in [0.2, 0.25) is 5.02 Å². The second-order valence-electron chi connectivity index (χ2n) is 5.41. The van der Waals surface area contributed by atoms with Gasteiger partial charge in [-0.25, -0.2) is 4.98 Å². The maximum Gasteiger partial charge on any atom is 0.248 e. The van der Waals surface area contributed by atoms with Crippen LogP contribution in [0, 0.1) is 0 Å². The van der Waals surface area contributed by atoms with Gasteiger partial charge in [-0.15, -0.1) is 0 Å². The highest BCUT2D eigenvalue weighted by Gasteiger charge is 2.21. The average molecular weight is 336 g/mol. The minimum Gasteiger partial charge on any atom is -0.439 e. The van der Waals surface area contributed by atoms with Crippen molar-refractivity contribution in [3.05, 3.63) is 41.4 Å². The minimum absolute atomic E-state index is 0.221. The number of carbonyl (C=O) groups is 1. The van der Waals surface area contributed by atoms with Gasteiger partial charge in [-0.3, -0.25) is 9.69 Å². The van der Waals surface area contributed by atoms with Crippen LogP contribution in [-0.2, 0) is 11.3 Å². The molecule has 7 heteroatoms. The largest absolute Gasteiger partial charge is 0.439 e. The van der Waals surface area contributed by atoms with Gasteiger partial charge in [0.1, 0.15) is 6.61 Å². The topological polar surface area (TPSA) is 69.8 Å². The molecule has 1 aromatic heterocycles. The summed E-state index contributed by atoms with van der Waals surface area (Å²) >= 11 is 6.16. The number of hydrogen-bond acceptors (Lipinski definition) is 5. The summed E-state index contributed by atoms with van der Waals surface area (Å²) in [6.45, 7) is 2.84. The monoisotopic (exact) mass is 335 g/mol. The highest BCUT2D eigenvalue weighted by Crippen LogP contribution is 2.28. The summed E-state index contributed by atoms with van der Waals surface area (Å²) in [5.74, 6) is 1.06. The van der Waals surface area contributed by atoms with Gasteiger partial charge in [0.25, 0.3) is 0 Å². The van der Waals surface area contributed by atoms with E-state index in [1.807, 2.05) is 24.3 Å². The van der Waals surface area contributed by atoms with Crippen LogP contribution in [0.3, 0.4) is 0 Å². The van der Waals surface area contributed by atoms with Crippen molar-refractivity contribution in [2.24, 2.45) is 0 Å². The Kier molecular flexibility index (Phi) is 4.95. The number of rotatable bonds is 4. The van der Waals surface area contributed by atoms with E-state index in [4.69, 9.17) is 21.1 Å². The predicted octanol–water partition coefficient (Wildman–Crippen LogP) is 1.63. The summed E-state index contributed by atoms with van der Waals surface area (Å²) in [5.41, 5.74) is 0.825. The highest BCUT2D eigenvalue weighted by molar-refractivity contribution is 6.33. The molecule has 1 N–H and O–H groups in total. The molecule has 2 heterocycles. The van der Waals surface area contributed by atoms with Gasteiger partial charge < -0.3 is 14.4 Å². The Hall–Kier alpha value is -1.89. The molecule has 1 saturated heterocycles. The van der Waals surface area contributed by atoms with E-state index >= 15 is 0 Å². The number of amides is 1. The SMILES string of the molecule is O=C(CO)N1CCN(Cc2ncc(-c3ccccc3Cl)o2)CC1. The molecule has 0 atom stereocenters. The molecular weight excluding hydrogens is 318 g/mol. The van der Waals surface area contributed by atoms with E-state index in [-0.39, 0.29) is 5.91 Å². The first kappa shape index (κ1) is 16.0. The fraction of sp³-hybridized carbons (Fsp3) is 0.375. The number of aromatic nitrogens is 1. The third-order valence-electron chi connectivity index (χ3n) is 3.91. The Morgan fingerprint density at radius 3 is 2.70 bits per heavy atom. The zero-order chi connectivity index (χ0) is 16.2. The average Bonchev–Trinajstić information content (AvgIpc) is 3.03. The van der Waals surface area contributed by atoms with Gasteiger partial charge in [0.05, 0.1) is 17.8 Å². The summed E-state index contributed by atoms with van der Waals surface area (Å²) in [4.78, 5) is 19.6. The first-order valence-electron chi connectivity index (χ1n) is 7.48. The molecule has 23 heavy (non-hydrogen) atoms. The van der Waals surface area contributed by atoms with Crippen molar-refractivity contribution < 1.29 is 14.3 Å². The summed E-state index contributed by atoms with van der Waals surface area (Å²) in [6, 6.07) is 7.49. The lowest BCUT2D eigenvalue weighted by atomic mass is 10.2. The summed E-state index contributed by atoms with van der Waals surface area (Å²) < 4.78 is 5.79. The molecule has 1 amide bonds. The Morgan fingerprint density at radius 2 is 2.00 bits per heavy atom. The van der Waals surface area contributed by atoms with Gasteiger partial charge in [0.2, 0.25) is 11.8 Å². The zero-order valence-corrected chi connectivity index (χ0v) is 13.4. The van der Waals surface area contributed by atoms with Gasteiger partial charge in [-0.2, -0.15) is 0 Å². The molecule has 3 rings (SSSR count). The van der Waals surface area contributed by atoms with Crippen LogP contribution in [-0.4, -0.2) is 58.6 Å². The summed E-state index contributed by atoms with van der Waals surface area (Å²) in [6.07, 6.45) is 1.68. The second-order valence-corrected chi connectivity index (χ2v) is 5.82. The number of halogens is 1. The van der Waals surface area contributed by atoms with E-state index in [9.17, 15) is 4.79 Å². The number of piperazine rings is 1. The lowest BCUT2D eigenvalue weighted by molar-refractivity contribution is -0.136. The number of benzene rings is 1. The number of aliphatic hydroxyl groups excluding tert-OH is 1. The van der Waals surface area contributed by atoms with Gasteiger partial charge in [-0.1, -0.05) is 23.7 Å². The summed E-state index contributed by atoms with van der Waals surface area (Å²) in [5, 5.41) is 9.51. The van der Waals surface area contributed by atoms with E-state index in [2.05, 4.69) is 9.88 Å². The van der Waals surface area contributed by atoms with E-state index in [1.54, 1.807) is 11.1 Å². The second kappa shape index (κ2) is 7.12. The van der Waals surface area contributed by atoms with E-state index in [0.717, 1.165) is 18.7 Å². The third-order valence-corrected chi connectivity index (χ3v) is 4.24. The van der Waals surface area contributed by atoms with Gasteiger partial charge in [0.15, 0.2) is 5.76 Å². The van der Waals surface area contributed by atoms with Crippen molar-refractivity contribution in [3.63, 3.8) is 0 Å². The van der Waals surface area contributed by atoms with Crippen molar-refractivity contribution in [2.75, 3.05) is 32.8 Å². The normalized spacial score (nSPS) is 15.8. The molecule has 0 saturated carbocycles. The van der Waals surface area contributed by atoms with Gasteiger partial charge in [0, 0.05) is 31.7 Å². The first-order valence-corrected chi connectivity index (χ1v) is 7.86. The van der Waals surface area contributed by atoms with Gasteiger partial charge >= 0.3 is 0 Å². The van der Waals surface area contributed by atoms with E-state index in [0.29, 0.717) is 36.3 Å². The smallest absolute Gasteiger partial charge is 0.248 e. The standard InChI is InChI=1S/C16H18ClN3O3/c17-13-4-2-1-3-12(13)14-9-18-15(23-14)10-19-5-7-20(8-6-19)16(22)11-21/h1-4,9,21H,5-8,10-11H2. The molecule has 1 fully saturated rings. The molecule has 0 bridgehead atoms. The Morgan fingerprint density at radius 1 is 1.26 bits per heavy atom. The number of aliphatic hydroxyl groups is 1. The highest BCUT2D eigenvalue weighted by atomic mass is 35.5. The van der Waals surface area contributed by atoms with Crippen molar-refractivity contribution >= 4 is 17.5 Å². The number of nitrogens with zero attached hydrogens (tertiary/aromatic N) is 3. The Bertz CT molecular complexity index is 681. The van der Waals surface area contributed by atoms with Crippen LogP contribution in [0.1, 0.15) is 5.89 Å². The van der Waals surface area contributed by atoms with E-state index < -0.39 is 6.61 Å². The Labute approximate surface area is 139 Å². The van der Waals surface area contributed by atoms with Crippen LogP contribution >= 0.6 is 11.6 Å². The van der Waals surface area contributed by atoms with Gasteiger partial charge in [-0.05, 0) is 12.1 Å². The Balaban J connectivity index is 1.60. The van der Waals surface area contributed by atoms with E-state index in [1.165, 1.54) is 0 Å². The minimum atomic E-state index is -0.430. The zero-order valence-electron chi connectivity index (χ0n) is 12.6. The van der Waals surface area contributed by atoms with Crippen molar-refractivity contribution in [2.45, 2.75) is 6.54 Å². The fourth-order valence-electron chi connectivity index (χ4n) is 2.62. The molecule has 1 aliphatic rings. The van der Waals surface area contributed by atoms with Crippen molar-refractivity contribution in [1.29, 1.82) is 0 Å². The lowest BCUT2D eigenvalue weighted by Gasteiger charge is -2.33. The first-order chi connectivity index (χ1) is 11.2. The van der Waals surface area contributed by atoms with Crippen LogP contribution in [0.15, 0.2) is 34.9 Å². The maximum absolute atomic E-state index is 11.4. The lowest BCUT2D eigenvalue weighted by Crippen LogP contribution is -2.49. The number of oxazole rings is 1. The van der Waals surface area contributed by atoms with Crippen LogP contribution in [0.4, 0.5) is 0 Å². The quantitative estimate of drug-likeness (QED) is 0.919. The van der Waals surface area contributed by atoms with Crippen molar-refractivity contribution in [3.8, 4) is 11.3 Å². The van der Waals surface area contributed by atoms with Crippen LogP contribution in [0.25, 0.3) is 11.3 Å². The molecule has 0 aliphatic carbocycles. The van der Waals surface area contributed by atoms with Crippen LogP contribution < -0.4 is 0 Å². The predicted molar refractivity (Wildman–Crippen MR) is 85.9 cm³/mol. The maximum atomic E-state index is 11.4.